The van der Waals surface area contributed by atoms with E-state index in [1.165, 1.54) is 12.1 Å². The van der Waals surface area contributed by atoms with Crippen LogP contribution in [0.5, 0.6) is 5.75 Å². The number of thiazole rings is 1. The number of para-hydroxylation sites is 1. The number of hydrogen-bond donors (Lipinski definition) is 2. The number of nitrogens with zero attached hydrogens (tertiary/aromatic N) is 1. The molecule has 0 aliphatic heterocycles. The molecule has 0 saturated heterocycles. The van der Waals surface area contributed by atoms with Gasteiger partial charge in [0.1, 0.15) is 10.8 Å². The predicted molar refractivity (Wildman–Crippen MR) is 91.7 cm³/mol. The fourth-order valence-electron chi connectivity index (χ4n) is 1.83. The monoisotopic (exact) mass is 366 g/mol. The van der Waals surface area contributed by atoms with Gasteiger partial charge < -0.3 is 5.11 Å². The quantitative estimate of drug-likeness (QED) is 0.728. The number of nitrogens with two attached hydrogens (primary N) is 1. The summed E-state index contributed by atoms with van der Waals surface area (Å²) in [5, 5.41) is 13.8. The molecule has 0 saturated carbocycles. The summed E-state index contributed by atoms with van der Waals surface area (Å²) in [5.74, 6) is 0.368. The zero-order valence-electron chi connectivity index (χ0n) is 12.7. The van der Waals surface area contributed by atoms with Crippen LogP contribution in [0.4, 0.5) is 4.39 Å². The second-order valence-electron chi connectivity index (χ2n) is 4.80. The third kappa shape index (κ3) is 4.60. The van der Waals surface area contributed by atoms with Crippen LogP contribution in [0.2, 0.25) is 0 Å². The van der Waals surface area contributed by atoms with Gasteiger partial charge in [0.15, 0.2) is 5.13 Å². The molecule has 0 radical (unpaired) electrons. The van der Waals surface area contributed by atoms with Crippen LogP contribution in [-0.4, -0.2) is 18.5 Å². The number of aromatic hydroxyl groups is 1. The van der Waals surface area contributed by atoms with Gasteiger partial charge in [0.05, 0.1) is 11.1 Å². The van der Waals surface area contributed by atoms with E-state index in [-0.39, 0.29) is 4.90 Å². The highest BCUT2D eigenvalue weighted by Crippen LogP contribution is 2.29. The zero-order valence-corrected chi connectivity index (χ0v) is 14.3. The summed E-state index contributed by atoms with van der Waals surface area (Å²) in [4.78, 5) is 3.73. The first-order valence-corrected chi connectivity index (χ1v) is 9.13. The van der Waals surface area contributed by atoms with Gasteiger partial charge in [-0.25, -0.2) is 18.5 Å². The molecular formula is C16H15FN2O3S2. The Kier molecular flexibility index (Phi) is 5.66. The minimum Gasteiger partial charge on any atom is -0.508 e. The number of aryl methyl sites for hydroxylation is 1. The summed E-state index contributed by atoms with van der Waals surface area (Å²) < 4.78 is 35.4. The molecule has 1 aromatic heterocycles. The number of sulfonamides is 1. The maximum absolute atomic E-state index is 12.8. The van der Waals surface area contributed by atoms with Crippen LogP contribution in [0.3, 0.4) is 0 Å². The molecule has 3 aromatic rings. The molecule has 0 aliphatic carbocycles. The predicted octanol–water partition coefficient (Wildman–Crippen LogP) is 3.30. The van der Waals surface area contributed by atoms with Gasteiger partial charge in [-0.1, -0.05) is 47.7 Å². The summed E-state index contributed by atoms with van der Waals surface area (Å²) in [7, 11) is -3.83. The summed E-state index contributed by atoms with van der Waals surface area (Å²) in [5.41, 5.74) is 1.24. The van der Waals surface area contributed by atoms with E-state index in [0.29, 0.717) is 16.3 Å². The van der Waals surface area contributed by atoms with E-state index in [1.807, 2.05) is 25.1 Å². The topological polar surface area (TPSA) is 93.3 Å². The highest BCUT2D eigenvalue weighted by Gasteiger charge is 2.16. The smallest absolute Gasteiger partial charge is 0.238 e. The average molecular weight is 366 g/mol. The van der Waals surface area contributed by atoms with Crippen molar-refractivity contribution in [3.8, 4) is 16.3 Å². The summed E-state index contributed by atoms with van der Waals surface area (Å²) >= 11 is 0.773. The van der Waals surface area contributed by atoms with Crippen molar-refractivity contribution in [1.82, 2.24) is 4.98 Å². The van der Waals surface area contributed by atoms with Gasteiger partial charge in [0.2, 0.25) is 10.0 Å². The largest absolute Gasteiger partial charge is 0.508 e. The maximum atomic E-state index is 12.8. The molecular weight excluding hydrogens is 351 g/mol. The van der Waals surface area contributed by atoms with Gasteiger partial charge in [0, 0.05) is 5.56 Å². The van der Waals surface area contributed by atoms with E-state index in [9.17, 15) is 12.8 Å². The van der Waals surface area contributed by atoms with E-state index >= 15 is 0 Å². The second kappa shape index (κ2) is 7.52. The van der Waals surface area contributed by atoms with E-state index in [4.69, 9.17) is 10.2 Å². The molecule has 0 amide bonds. The Morgan fingerprint density at radius 3 is 2.25 bits per heavy atom. The highest BCUT2D eigenvalue weighted by molar-refractivity contribution is 7.89. The molecule has 2 aromatic carbocycles. The summed E-state index contributed by atoms with van der Waals surface area (Å²) in [6.45, 7) is 1.87. The average Bonchev–Trinajstić information content (AvgIpc) is 2.97. The molecule has 1 heterocycles. The summed E-state index contributed by atoms with van der Waals surface area (Å²) in [6, 6.07) is 13.3. The van der Waals surface area contributed by atoms with E-state index < -0.39 is 15.2 Å². The van der Waals surface area contributed by atoms with Crippen LogP contribution >= 0.6 is 11.3 Å². The fourth-order valence-corrected chi connectivity index (χ4v) is 3.32. The maximum Gasteiger partial charge on any atom is 0.238 e. The van der Waals surface area contributed by atoms with Crippen molar-refractivity contribution in [3.63, 3.8) is 0 Å². The SMILES string of the molecule is Cc1ccccc1O.NS(=O)(=O)c1ccccc1-c1ncc(F)s1. The minimum atomic E-state index is -3.83. The van der Waals surface area contributed by atoms with E-state index in [0.717, 1.165) is 23.1 Å². The first kappa shape index (κ1) is 18.1. The first-order chi connectivity index (χ1) is 11.3. The minimum absolute atomic E-state index is 0.0515. The lowest BCUT2D eigenvalue weighted by Crippen LogP contribution is -2.13. The Balaban J connectivity index is 0.000000219. The molecule has 5 nitrogen and oxygen atoms in total. The molecule has 0 atom stereocenters. The third-order valence-corrected chi connectivity index (χ3v) is 4.81. The van der Waals surface area contributed by atoms with E-state index in [2.05, 4.69) is 4.98 Å². The number of hydrogen-bond acceptors (Lipinski definition) is 5. The fraction of sp³-hybridized carbons (Fsp3) is 0.0625. The molecule has 24 heavy (non-hydrogen) atoms. The molecule has 0 bridgehead atoms. The van der Waals surface area contributed by atoms with Gasteiger partial charge in [-0.15, -0.1) is 0 Å². The van der Waals surface area contributed by atoms with Gasteiger partial charge in [-0.3, -0.25) is 0 Å². The van der Waals surface area contributed by atoms with Crippen LogP contribution in [0, 0.1) is 12.1 Å². The van der Waals surface area contributed by atoms with Crippen molar-refractivity contribution in [1.29, 1.82) is 0 Å². The van der Waals surface area contributed by atoms with Crippen LogP contribution in [0.1, 0.15) is 5.56 Å². The van der Waals surface area contributed by atoms with Gasteiger partial charge in [0.25, 0.3) is 0 Å². The lowest BCUT2D eigenvalue weighted by Gasteiger charge is -2.03. The normalized spacial score (nSPS) is 10.8. The molecule has 0 aliphatic rings. The van der Waals surface area contributed by atoms with E-state index in [1.54, 1.807) is 18.2 Å². The molecule has 8 heteroatoms. The van der Waals surface area contributed by atoms with Crippen molar-refractivity contribution in [2.24, 2.45) is 5.14 Å². The first-order valence-electron chi connectivity index (χ1n) is 6.77. The van der Waals surface area contributed by atoms with Crippen molar-refractivity contribution in [3.05, 3.63) is 65.4 Å². The van der Waals surface area contributed by atoms with Crippen LogP contribution in [0.15, 0.2) is 59.6 Å². The molecule has 126 valence electrons. The lowest BCUT2D eigenvalue weighted by molar-refractivity contribution is 0.471. The third-order valence-electron chi connectivity index (χ3n) is 3.02. The number of benzene rings is 2. The molecule has 0 spiro atoms. The number of primary sulfonamides is 1. The van der Waals surface area contributed by atoms with Gasteiger partial charge in [-0.2, -0.15) is 4.39 Å². The molecule has 3 N–H and O–H groups in total. The molecule has 0 fully saturated rings. The number of phenols is 1. The van der Waals surface area contributed by atoms with Crippen molar-refractivity contribution < 1.29 is 17.9 Å². The highest BCUT2D eigenvalue weighted by atomic mass is 32.2. The van der Waals surface area contributed by atoms with Crippen molar-refractivity contribution in [2.45, 2.75) is 11.8 Å². The van der Waals surface area contributed by atoms with Crippen molar-refractivity contribution >= 4 is 21.4 Å². The number of rotatable bonds is 2. The molecule has 0 unspecified atom stereocenters. The van der Waals surface area contributed by atoms with Crippen LogP contribution in [-0.2, 0) is 10.0 Å². The van der Waals surface area contributed by atoms with Gasteiger partial charge in [-0.05, 0) is 24.6 Å². The number of aromatic nitrogens is 1. The summed E-state index contributed by atoms with van der Waals surface area (Å²) in [6.07, 6.45) is 1.04. The van der Waals surface area contributed by atoms with Crippen LogP contribution in [0.25, 0.3) is 10.6 Å². The second-order valence-corrected chi connectivity index (χ2v) is 7.31. The Labute approximate surface area is 143 Å². The number of phenolic OH excluding ortho intramolecular Hbond substituents is 1. The molecule has 3 rings (SSSR count). The number of halogens is 1. The Bertz CT molecular complexity index is 919. The Hall–Kier alpha value is -2.29. The Morgan fingerprint density at radius 2 is 1.75 bits per heavy atom. The van der Waals surface area contributed by atoms with Crippen molar-refractivity contribution in [2.75, 3.05) is 0 Å². The van der Waals surface area contributed by atoms with Gasteiger partial charge >= 0.3 is 0 Å². The zero-order chi connectivity index (χ0) is 17.7. The Morgan fingerprint density at radius 1 is 1.12 bits per heavy atom. The standard InChI is InChI=1S/C9H7FN2O2S2.C7H8O/c10-8-5-12-9(15-8)6-3-1-2-4-7(6)16(11,13)14;1-6-4-2-3-5-7(6)8/h1-5H,(H2,11,13,14);2-5,8H,1H3. The lowest BCUT2D eigenvalue weighted by atomic mass is 10.2. The van der Waals surface area contributed by atoms with Crippen LogP contribution < -0.4 is 5.14 Å².